The third-order valence-corrected chi connectivity index (χ3v) is 5.79. The number of fused-ring (bicyclic) bond motifs is 1. The number of aliphatic hydroxyl groups is 2. The van der Waals surface area contributed by atoms with Crippen molar-refractivity contribution in [2.24, 2.45) is 0 Å². The van der Waals surface area contributed by atoms with E-state index in [1.165, 1.54) is 18.2 Å². The molecule has 2 atom stereocenters. The van der Waals surface area contributed by atoms with Gasteiger partial charge in [-0.3, -0.25) is 4.79 Å². The Labute approximate surface area is 194 Å². The predicted octanol–water partition coefficient (Wildman–Crippen LogP) is 4.93. The number of hydrogen-bond donors (Lipinski definition) is 3. The molecular weight excluding hydrogens is 443 g/mol. The van der Waals surface area contributed by atoms with Crippen LogP contribution in [-0.2, 0) is 16.9 Å². The average molecular weight is 465 g/mol. The third-order valence-electron chi connectivity index (χ3n) is 5.79. The molecule has 174 valence electrons. The van der Waals surface area contributed by atoms with Crippen molar-refractivity contribution in [3.8, 4) is 11.1 Å². The summed E-state index contributed by atoms with van der Waals surface area (Å²) < 4.78 is 41.0. The summed E-state index contributed by atoms with van der Waals surface area (Å²) in [7, 11) is 0. The normalized spacial score (nSPS) is 14.4. The van der Waals surface area contributed by atoms with E-state index in [1.54, 1.807) is 12.1 Å². The molecule has 4 nitrogen and oxygen atoms in total. The first-order valence-corrected chi connectivity index (χ1v) is 10.6. The summed E-state index contributed by atoms with van der Waals surface area (Å²) in [4.78, 5) is 12.4. The van der Waals surface area contributed by atoms with E-state index in [2.05, 4.69) is 11.4 Å². The smallest absolute Gasteiger partial charge is 0.380 e. The molecule has 4 aromatic carbocycles. The molecule has 2 unspecified atom stereocenters. The number of hydrogen-bond acceptors (Lipinski definition) is 3. The van der Waals surface area contributed by atoms with E-state index in [4.69, 9.17) is 0 Å². The van der Waals surface area contributed by atoms with E-state index in [0.29, 0.717) is 5.56 Å². The number of alkyl halides is 3. The largest absolute Gasteiger partial charge is 0.424 e. The summed E-state index contributed by atoms with van der Waals surface area (Å²) in [6, 6.07) is 27.3. The molecule has 34 heavy (non-hydrogen) atoms. The Kier molecular flexibility index (Phi) is 6.41. The van der Waals surface area contributed by atoms with Crippen LogP contribution < -0.4 is 5.32 Å². The van der Waals surface area contributed by atoms with Crippen molar-refractivity contribution >= 4 is 16.7 Å². The number of benzene rings is 4. The molecule has 7 heteroatoms. The van der Waals surface area contributed by atoms with Crippen LogP contribution in [0.2, 0.25) is 0 Å². The molecule has 0 saturated heterocycles. The van der Waals surface area contributed by atoms with Crippen LogP contribution in [0.25, 0.3) is 21.9 Å². The number of carbonyl (C=O) groups excluding carboxylic acids is 1. The lowest BCUT2D eigenvalue weighted by atomic mass is 9.86. The van der Waals surface area contributed by atoms with Crippen molar-refractivity contribution in [1.82, 2.24) is 5.32 Å². The Hall–Kier alpha value is -3.68. The molecule has 0 aliphatic rings. The standard InChI is InChI=1S/C27H22F3NO3/c28-27(29,30)26(34,23-8-2-1-3-9-23)24(32)25(33)31-17-18-10-12-20(13-11-18)22-15-14-19-6-4-5-7-21(19)16-22/h1-16,24,32,34H,17H2,(H,31,33). The van der Waals surface area contributed by atoms with Crippen LogP contribution in [0.3, 0.4) is 0 Å². The van der Waals surface area contributed by atoms with E-state index < -0.39 is 29.4 Å². The number of halogens is 3. The van der Waals surface area contributed by atoms with Crippen molar-refractivity contribution in [3.05, 3.63) is 108 Å². The maximum Gasteiger partial charge on any atom is 0.424 e. The summed E-state index contributed by atoms with van der Waals surface area (Å²) in [6.07, 6.45) is -8.01. The number of aliphatic hydroxyl groups excluding tert-OH is 1. The summed E-state index contributed by atoms with van der Waals surface area (Å²) in [6.45, 7) is -0.114. The Balaban J connectivity index is 1.46. The SMILES string of the molecule is O=C(NCc1ccc(-c2ccc3ccccc3c2)cc1)C(O)C(O)(c1ccccc1)C(F)(F)F. The highest BCUT2D eigenvalue weighted by Crippen LogP contribution is 2.41. The van der Waals surface area contributed by atoms with Crippen molar-refractivity contribution in [2.45, 2.75) is 24.4 Å². The summed E-state index contributed by atoms with van der Waals surface area (Å²) >= 11 is 0. The maximum atomic E-state index is 13.7. The minimum Gasteiger partial charge on any atom is -0.380 e. The average Bonchev–Trinajstić information content (AvgIpc) is 2.86. The van der Waals surface area contributed by atoms with Crippen molar-refractivity contribution < 1.29 is 28.2 Å². The van der Waals surface area contributed by atoms with Crippen molar-refractivity contribution in [2.75, 3.05) is 0 Å². The fourth-order valence-electron chi connectivity index (χ4n) is 3.83. The molecule has 0 bridgehead atoms. The van der Waals surface area contributed by atoms with Crippen LogP contribution in [0, 0.1) is 0 Å². The first kappa shape index (κ1) is 23.5. The fourth-order valence-corrected chi connectivity index (χ4v) is 3.83. The molecule has 3 N–H and O–H groups in total. The molecule has 0 fully saturated rings. The summed E-state index contributed by atoms with van der Waals surface area (Å²) in [5.74, 6) is -1.33. The minimum atomic E-state index is -5.27. The molecule has 0 aromatic heterocycles. The van der Waals surface area contributed by atoms with Gasteiger partial charge in [0, 0.05) is 6.54 Å². The van der Waals surface area contributed by atoms with Crippen LogP contribution >= 0.6 is 0 Å². The van der Waals surface area contributed by atoms with E-state index in [-0.39, 0.29) is 6.54 Å². The van der Waals surface area contributed by atoms with Crippen molar-refractivity contribution in [1.29, 1.82) is 0 Å². The highest BCUT2D eigenvalue weighted by atomic mass is 19.4. The van der Waals surface area contributed by atoms with Crippen LogP contribution in [-0.4, -0.2) is 28.4 Å². The maximum absolute atomic E-state index is 13.7. The molecule has 4 rings (SSSR count). The predicted molar refractivity (Wildman–Crippen MR) is 124 cm³/mol. The Morgan fingerprint density at radius 3 is 2.03 bits per heavy atom. The lowest BCUT2D eigenvalue weighted by Gasteiger charge is -2.34. The van der Waals surface area contributed by atoms with Gasteiger partial charge in [-0.05, 0) is 39.1 Å². The quantitative estimate of drug-likeness (QED) is 0.378. The number of carbonyl (C=O) groups is 1. The molecule has 0 aliphatic carbocycles. The van der Waals surface area contributed by atoms with Gasteiger partial charge < -0.3 is 15.5 Å². The van der Waals surface area contributed by atoms with Gasteiger partial charge in [0.25, 0.3) is 5.91 Å². The van der Waals surface area contributed by atoms with Crippen LogP contribution in [0.15, 0.2) is 97.1 Å². The summed E-state index contributed by atoms with van der Waals surface area (Å²) in [5.41, 5.74) is -1.79. The topological polar surface area (TPSA) is 69.6 Å². The minimum absolute atomic E-state index is 0.114. The molecule has 0 spiro atoms. The second-order valence-corrected chi connectivity index (χ2v) is 8.01. The lowest BCUT2D eigenvalue weighted by molar-refractivity contribution is -0.293. The molecule has 1 amide bonds. The Morgan fingerprint density at radius 1 is 0.794 bits per heavy atom. The van der Waals surface area contributed by atoms with E-state index >= 15 is 0 Å². The fraction of sp³-hybridized carbons (Fsp3) is 0.148. The molecule has 0 aliphatic heterocycles. The van der Waals surface area contributed by atoms with Gasteiger partial charge >= 0.3 is 6.18 Å². The number of amides is 1. The van der Waals surface area contributed by atoms with Gasteiger partial charge in [-0.25, -0.2) is 0 Å². The van der Waals surface area contributed by atoms with Gasteiger partial charge in [-0.15, -0.1) is 0 Å². The zero-order chi connectivity index (χ0) is 24.3. The van der Waals surface area contributed by atoms with Gasteiger partial charge in [-0.2, -0.15) is 13.2 Å². The van der Waals surface area contributed by atoms with Gasteiger partial charge in [0.2, 0.25) is 5.60 Å². The van der Waals surface area contributed by atoms with Gasteiger partial charge in [0.05, 0.1) is 0 Å². The Morgan fingerprint density at radius 2 is 1.38 bits per heavy atom. The Bertz CT molecular complexity index is 1290. The molecule has 0 heterocycles. The van der Waals surface area contributed by atoms with Crippen molar-refractivity contribution in [3.63, 3.8) is 0 Å². The zero-order valence-electron chi connectivity index (χ0n) is 18.0. The monoisotopic (exact) mass is 465 g/mol. The highest BCUT2D eigenvalue weighted by molar-refractivity contribution is 5.87. The van der Waals surface area contributed by atoms with E-state index in [0.717, 1.165) is 34.0 Å². The number of rotatable bonds is 6. The highest BCUT2D eigenvalue weighted by Gasteiger charge is 2.61. The molecular formula is C27H22F3NO3. The molecule has 4 aromatic rings. The van der Waals surface area contributed by atoms with E-state index in [1.807, 2.05) is 48.5 Å². The van der Waals surface area contributed by atoms with Crippen LogP contribution in [0.4, 0.5) is 13.2 Å². The van der Waals surface area contributed by atoms with E-state index in [9.17, 15) is 28.2 Å². The third kappa shape index (κ3) is 4.53. The molecule has 0 radical (unpaired) electrons. The number of nitrogens with one attached hydrogen (secondary N) is 1. The first-order valence-electron chi connectivity index (χ1n) is 10.6. The van der Waals surface area contributed by atoms with Crippen LogP contribution in [0.1, 0.15) is 11.1 Å². The summed E-state index contributed by atoms with van der Waals surface area (Å²) in [5, 5.41) is 25.1. The second-order valence-electron chi connectivity index (χ2n) is 8.01. The zero-order valence-corrected chi connectivity index (χ0v) is 18.0. The lowest BCUT2D eigenvalue weighted by Crippen LogP contribution is -2.57. The van der Waals surface area contributed by atoms with Crippen LogP contribution in [0.5, 0.6) is 0 Å². The van der Waals surface area contributed by atoms with Gasteiger partial charge in [-0.1, -0.05) is 91.0 Å². The van der Waals surface area contributed by atoms with Gasteiger partial charge in [0.1, 0.15) is 0 Å². The first-order chi connectivity index (χ1) is 16.2. The second kappa shape index (κ2) is 9.29. The van der Waals surface area contributed by atoms with Gasteiger partial charge in [0.15, 0.2) is 6.10 Å². The molecule has 0 saturated carbocycles.